The molecule has 15 rings (SSSR count). The molecule has 12 aromatic rings. The fraction of sp³-hybridized carbons (Fsp3) is 0.321. The van der Waals surface area contributed by atoms with Crippen LogP contribution in [0, 0.1) is 0 Å². The number of para-hydroxylation sites is 5. The molecule has 616 valence electrons. The van der Waals surface area contributed by atoms with Crippen molar-refractivity contribution in [3.8, 4) is 17.2 Å². The predicted molar refractivity (Wildman–Crippen MR) is 417 cm³/mol. The summed E-state index contributed by atoms with van der Waals surface area (Å²) in [6.45, 7) is 12.6. The number of carbonyl (C=O) groups is 1. The molecule has 116 heavy (non-hydrogen) atoms. The number of amides is 1. The predicted octanol–water partition coefficient (Wildman–Crippen LogP) is 13.6. The topological polar surface area (TPSA) is 295 Å². The summed E-state index contributed by atoms with van der Waals surface area (Å²) in [5.41, 5.74) is 5.57. The van der Waals surface area contributed by atoms with Gasteiger partial charge < -0.3 is 63.5 Å². The van der Waals surface area contributed by atoms with Crippen molar-refractivity contribution in [2.24, 2.45) is 0 Å². The Kier molecular flexibility index (Phi) is 23.5. The molecule has 1 amide bonds. The smallest absolute Gasteiger partial charge is 0.444 e. The number of likely N-dealkylation sites (tertiary alicyclic amines) is 1. The molecule has 3 aliphatic rings. The molecule has 35 heteroatoms. The van der Waals surface area contributed by atoms with E-state index in [1.54, 1.807) is 20.8 Å². The zero-order chi connectivity index (χ0) is 83.4. The summed E-state index contributed by atoms with van der Waals surface area (Å²) in [4.78, 5) is 13.8. The molecule has 0 radical (unpaired) electrons. The second-order valence-corrected chi connectivity index (χ2v) is 35.4. The first-order valence-corrected chi connectivity index (χ1v) is 41.0. The molecule has 0 spiro atoms. The number of benzene rings is 9. The van der Waals surface area contributed by atoms with Crippen molar-refractivity contribution in [2.45, 2.75) is 141 Å². The van der Waals surface area contributed by atoms with Gasteiger partial charge in [0.15, 0.2) is 0 Å². The van der Waals surface area contributed by atoms with E-state index in [0.29, 0.717) is 13.1 Å². The first-order valence-electron chi connectivity index (χ1n) is 36.6. The summed E-state index contributed by atoms with van der Waals surface area (Å²) in [5.74, 6) is -1.63. The molecule has 0 bridgehead atoms. The summed E-state index contributed by atoms with van der Waals surface area (Å²) in [5, 5.41) is 46.8. The minimum atomic E-state index is -4.93. The van der Waals surface area contributed by atoms with E-state index in [1.807, 2.05) is 137 Å². The lowest BCUT2D eigenvalue weighted by Crippen LogP contribution is -2.60. The second-order valence-electron chi connectivity index (χ2n) is 30.3. The first-order chi connectivity index (χ1) is 54.5. The van der Waals surface area contributed by atoms with E-state index in [0.717, 1.165) is 138 Å². The van der Waals surface area contributed by atoms with E-state index in [-0.39, 0.29) is 46.3 Å². The Labute approximate surface area is 660 Å². The fourth-order valence-electron chi connectivity index (χ4n) is 15.1. The van der Waals surface area contributed by atoms with Crippen molar-refractivity contribution >= 4 is 102 Å². The van der Waals surface area contributed by atoms with Crippen LogP contribution in [0.5, 0.6) is 17.2 Å². The number of aliphatic hydroxyl groups excluding tert-OH is 3. The standard InChI is InChI=1S/C29H30F3N3O6S.C28H30F3N3O4S.C24H22F3N3O4S/c1-28(2,3)41-27(37)34-16-22(33-42(38,39)19-14-12-18(13-15-19)40-29(30,31)32)26(36)25(17-34)35-23-10-6-4-8-20(23)21-9-5-7-11-24(21)35;1-27(2,3)17-8-13-24-21(14-17)20-6-4-5-7-23(20)34(24)25-16-32-15-22(26(25)35)33-39(36,37)19-11-9-18(10-12-19)38-28(29,30)31;25-24(26,27)34-15-9-11-16(12-10-15)35(32,33)29-19-13-28-14-22(23(19)31)30-20-7-3-1-5-17(20)18-6-2-4-8-21(18)30/h4-15,22,25-26,33,36H,16-17H2,1-3H3;4-14,22,25-26,32-33,35H,15-16H2,1-3H3;1-12,19,22-23,28-29,31H,13-14H2/t2*22-,25+,26+;19-,22+,23+/m111/s1. The Bertz CT molecular complexity index is 5830. The molecule has 8 N–H and O–H groups in total. The molecule has 9 atom stereocenters. The third-order valence-corrected chi connectivity index (χ3v) is 24.7. The zero-order valence-corrected chi connectivity index (χ0v) is 65.3. The van der Waals surface area contributed by atoms with Gasteiger partial charge in [0.1, 0.15) is 22.8 Å². The Morgan fingerprint density at radius 2 is 0.672 bits per heavy atom. The number of fused-ring (bicyclic) bond motifs is 9. The highest BCUT2D eigenvalue weighted by Crippen LogP contribution is 2.41. The van der Waals surface area contributed by atoms with Gasteiger partial charge in [-0.15, -0.1) is 39.5 Å². The van der Waals surface area contributed by atoms with E-state index in [4.69, 9.17) is 4.74 Å². The van der Waals surface area contributed by atoms with Crippen molar-refractivity contribution in [1.29, 1.82) is 0 Å². The Hall–Kier alpha value is -10.1. The number of nitrogens with one attached hydrogen (secondary N) is 5. The molecule has 6 heterocycles. The minimum Gasteiger partial charge on any atom is -0.444 e. The maximum Gasteiger partial charge on any atom is 0.573 e. The monoisotopic (exact) mass is 1670 g/mol. The zero-order valence-electron chi connectivity index (χ0n) is 62.9. The molecule has 0 aliphatic carbocycles. The summed E-state index contributed by atoms with van der Waals surface area (Å²) in [6.07, 6.45) is -18.8. The van der Waals surface area contributed by atoms with E-state index in [2.05, 4.69) is 76.5 Å². The number of nitrogens with zero attached hydrogens (tertiary/aromatic N) is 4. The summed E-state index contributed by atoms with van der Waals surface area (Å²) in [6, 6.07) is 51.8. The van der Waals surface area contributed by atoms with Crippen molar-refractivity contribution in [1.82, 2.24) is 43.4 Å². The van der Waals surface area contributed by atoms with Gasteiger partial charge in [-0.1, -0.05) is 118 Å². The number of halogens is 9. The third kappa shape index (κ3) is 18.7. The Morgan fingerprint density at radius 1 is 0.379 bits per heavy atom. The maximum atomic E-state index is 13.3. The quantitative estimate of drug-likeness (QED) is 0.0443. The van der Waals surface area contributed by atoms with Crippen LogP contribution in [0.25, 0.3) is 65.4 Å². The van der Waals surface area contributed by atoms with Crippen LogP contribution >= 0.6 is 0 Å². The van der Waals surface area contributed by atoms with Crippen LogP contribution in [0.15, 0.2) is 227 Å². The number of hydrogen-bond acceptors (Lipinski definition) is 16. The van der Waals surface area contributed by atoms with Gasteiger partial charge in [-0.2, -0.15) is 0 Å². The number of rotatable bonds is 15. The lowest BCUT2D eigenvalue weighted by molar-refractivity contribution is -0.275. The molecule has 3 saturated heterocycles. The number of ether oxygens (including phenoxy) is 4. The molecular weight excluding hydrogens is 1590 g/mol. The molecule has 3 fully saturated rings. The van der Waals surface area contributed by atoms with Crippen LogP contribution in [0.1, 0.15) is 65.2 Å². The highest BCUT2D eigenvalue weighted by atomic mass is 32.2. The van der Waals surface area contributed by atoms with Gasteiger partial charge in [0.2, 0.25) is 30.1 Å². The number of aliphatic hydroxyl groups is 3. The van der Waals surface area contributed by atoms with Crippen LogP contribution in [0.4, 0.5) is 44.3 Å². The average Bonchev–Trinajstić information content (AvgIpc) is 1.59. The molecule has 0 saturated carbocycles. The summed E-state index contributed by atoms with van der Waals surface area (Å²) >= 11 is 0. The van der Waals surface area contributed by atoms with Crippen molar-refractivity contribution in [2.75, 3.05) is 39.3 Å². The van der Waals surface area contributed by atoms with Gasteiger partial charge in [-0.05, 0) is 147 Å². The second kappa shape index (κ2) is 32.4. The lowest BCUT2D eigenvalue weighted by atomic mass is 9.86. The van der Waals surface area contributed by atoms with Crippen molar-refractivity contribution in [3.05, 3.63) is 218 Å². The van der Waals surface area contributed by atoms with Gasteiger partial charge in [-0.3, -0.25) is 0 Å². The summed E-state index contributed by atoms with van der Waals surface area (Å²) in [7, 11) is -12.6. The minimum absolute atomic E-state index is 0.0282. The van der Waals surface area contributed by atoms with E-state index in [9.17, 15) is 84.9 Å². The van der Waals surface area contributed by atoms with Crippen LogP contribution in [0.2, 0.25) is 0 Å². The number of sulfonamides is 3. The largest absolute Gasteiger partial charge is 0.573 e. The van der Waals surface area contributed by atoms with Crippen LogP contribution in [-0.4, -0.2) is 166 Å². The van der Waals surface area contributed by atoms with Gasteiger partial charge in [0.05, 0.1) is 69.2 Å². The molecule has 23 nitrogen and oxygen atoms in total. The molecule has 0 unspecified atom stereocenters. The van der Waals surface area contributed by atoms with Crippen LogP contribution in [-0.2, 0) is 40.2 Å². The third-order valence-electron chi connectivity index (χ3n) is 20.2. The first kappa shape index (κ1) is 83.9. The molecule has 9 aromatic carbocycles. The number of alkyl halides is 9. The Morgan fingerprint density at radius 3 is 0.991 bits per heavy atom. The number of aromatic nitrogens is 3. The van der Waals surface area contributed by atoms with Crippen LogP contribution in [0.3, 0.4) is 0 Å². The normalized spacial score (nSPS) is 20.8. The van der Waals surface area contributed by atoms with E-state index < -0.39 is 133 Å². The van der Waals surface area contributed by atoms with E-state index >= 15 is 0 Å². The Balaban J connectivity index is 0.000000152. The van der Waals surface area contributed by atoms with Crippen LogP contribution < -0.4 is 39.0 Å². The lowest BCUT2D eigenvalue weighted by Gasteiger charge is -2.42. The van der Waals surface area contributed by atoms with Gasteiger partial charge in [0, 0.05) is 105 Å². The number of carbonyl (C=O) groups excluding carboxylic acids is 1. The maximum absolute atomic E-state index is 13.3. The van der Waals surface area contributed by atoms with E-state index in [1.165, 1.54) is 10.5 Å². The van der Waals surface area contributed by atoms with Crippen molar-refractivity contribution in [3.63, 3.8) is 0 Å². The number of hydrogen-bond donors (Lipinski definition) is 8. The highest BCUT2D eigenvalue weighted by molar-refractivity contribution is 7.90. The SMILES string of the molecule is CC(C)(C)OC(=O)N1C[C@@H](NS(=O)(=O)c2ccc(OC(F)(F)F)cc2)[C@H](O)[C@@H](n2c3ccccc3c3ccccc32)C1.CC(C)(C)c1ccc2c(c1)c1ccccc1n2[C@H]1CNC[C@@H](NS(=O)(=O)c2ccc(OC(F)(F)F)cc2)[C@@H]1O.O=S(=O)(N[C@@H]1CNC[C@H](n2c3ccccc3c3ccccc32)[C@H]1O)c1ccc(OC(F)(F)F)cc1. The molecule has 3 aliphatic heterocycles. The highest BCUT2D eigenvalue weighted by Gasteiger charge is 2.45. The van der Waals surface area contributed by atoms with Crippen molar-refractivity contribution < 1.29 is 104 Å². The van der Waals surface area contributed by atoms with Gasteiger partial charge in [0.25, 0.3) is 0 Å². The average molecular weight is 1670 g/mol. The fourth-order valence-corrected chi connectivity index (χ4v) is 18.8. The van der Waals surface area contributed by atoms with Gasteiger partial charge >= 0.3 is 25.2 Å². The summed E-state index contributed by atoms with van der Waals surface area (Å²) < 4.78 is 221. The molecule has 3 aromatic heterocycles. The molecular formula is C81H82F9N9O14S3. The van der Waals surface area contributed by atoms with Gasteiger partial charge in [-0.25, -0.2) is 44.2 Å². The number of piperidine rings is 3.